The van der Waals surface area contributed by atoms with E-state index in [1.54, 1.807) is 0 Å². The molecule has 4 saturated heterocycles. The van der Waals surface area contributed by atoms with Gasteiger partial charge in [-0.25, -0.2) is 0 Å². The van der Waals surface area contributed by atoms with Gasteiger partial charge in [0.05, 0.1) is 52.9 Å². The first-order chi connectivity index (χ1) is 14.9. The molecule has 0 aliphatic carbocycles. The summed E-state index contributed by atoms with van der Waals surface area (Å²) < 4.78 is 41.8. The summed E-state index contributed by atoms with van der Waals surface area (Å²) in [5, 5.41) is 0. The Morgan fingerprint density at radius 1 is 0.400 bits per heavy atom. The average Bonchev–Trinajstić information content (AvgIpc) is 3.55. The van der Waals surface area contributed by atoms with Crippen molar-refractivity contribution in [3.63, 3.8) is 0 Å². The molecule has 0 saturated carbocycles. The second-order valence-corrected chi connectivity index (χ2v) is 8.24. The zero-order valence-electron chi connectivity index (χ0n) is 18.3. The smallest absolute Gasteiger partial charge is 0.104 e. The van der Waals surface area contributed by atoms with Crippen molar-refractivity contribution >= 4 is 0 Å². The minimum absolute atomic E-state index is 0.387. The van der Waals surface area contributed by atoms with Crippen LogP contribution < -0.4 is 0 Å². The van der Waals surface area contributed by atoms with Crippen LogP contribution in [0.4, 0.5) is 0 Å². The van der Waals surface area contributed by atoms with Gasteiger partial charge in [0.1, 0.15) is 24.4 Å². The van der Waals surface area contributed by atoms with Crippen LogP contribution in [0, 0.1) is 0 Å². The Bertz CT molecular complexity index is 370. The molecule has 0 aromatic heterocycles. The van der Waals surface area contributed by atoms with E-state index in [2.05, 4.69) is 0 Å². The lowest BCUT2D eigenvalue weighted by Crippen LogP contribution is -2.05. The lowest BCUT2D eigenvalue weighted by atomic mass is 10.2. The first-order valence-corrected chi connectivity index (χ1v) is 11.7. The van der Waals surface area contributed by atoms with Crippen molar-refractivity contribution < 1.29 is 37.9 Å². The highest BCUT2D eigenvalue weighted by atomic mass is 16.6. The number of hydrogen-bond donors (Lipinski definition) is 0. The highest BCUT2D eigenvalue weighted by Gasteiger charge is 2.23. The summed E-state index contributed by atoms with van der Waals surface area (Å²) >= 11 is 0. The monoisotopic (exact) mass is 432 g/mol. The maximum absolute atomic E-state index is 5.45. The van der Waals surface area contributed by atoms with E-state index in [9.17, 15) is 0 Å². The van der Waals surface area contributed by atoms with Gasteiger partial charge in [0, 0.05) is 26.4 Å². The lowest BCUT2D eigenvalue weighted by molar-refractivity contribution is 0.0885. The molecule has 0 aromatic rings. The largest absolute Gasteiger partial charge is 0.379 e. The van der Waals surface area contributed by atoms with Crippen molar-refractivity contribution in [3.05, 3.63) is 0 Å². The predicted octanol–water partition coefficient (Wildman–Crippen LogP) is 1.98. The maximum Gasteiger partial charge on any atom is 0.104 e. The van der Waals surface area contributed by atoms with E-state index >= 15 is 0 Å². The van der Waals surface area contributed by atoms with E-state index in [1.165, 1.54) is 12.8 Å². The topological polar surface area (TPSA) is 87.0 Å². The van der Waals surface area contributed by atoms with E-state index in [1.807, 2.05) is 0 Å². The molecule has 0 aromatic carbocycles. The quantitative estimate of drug-likeness (QED) is 0.213. The van der Waals surface area contributed by atoms with Gasteiger partial charge in [0.25, 0.3) is 0 Å². The fourth-order valence-corrected chi connectivity index (χ4v) is 2.69. The molecule has 30 heavy (non-hydrogen) atoms. The molecule has 4 atom stereocenters. The molecule has 4 aliphatic rings. The van der Waals surface area contributed by atoms with Gasteiger partial charge >= 0.3 is 0 Å². The Morgan fingerprint density at radius 2 is 0.633 bits per heavy atom. The zero-order chi connectivity index (χ0) is 20.7. The first-order valence-electron chi connectivity index (χ1n) is 11.7. The SMILES string of the molecule is C(CCCOCC1CO1)CCOCC1CO1.C(CCOCC1CO1)COCC1CO1. The molecular weight excluding hydrogens is 392 g/mol. The van der Waals surface area contributed by atoms with Crippen molar-refractivity contribution in [2.45, 2.75) is 62.9 Å². The first kappa shape index (κ1) is 24.3. The van der Waals surface area contributed by atoms with Gasteiger partial charge in [-0.2, -0.15) is 0 Å². The molecule has 4 rings (SSSR count). The lowest BCUT2D eigenvalue weighted by Gasteiger charge is -2.03. The molecule has 4 fully saturated rings. The molecule has 176 valence electrons. The predicted molar refractivity (Wildman–Crippen MR) is 110 cm³/mol. The Hall–Kier alpha value is -0.320. The molecule has 0 radical (unpaired) electrons. The van der Waals surface area contributed by atoms with Crippen LogP contribution in [0.25, 0.3) is 0 Å². The van der Waals surface area contributed by atoms with Crippen molar-refractivity contribution in [1.29, 1.82) is 0 Å². The van der Waals surface area contributed by atoms with Crippen molar-refractivity contribution in [3.8, 4) is 0 Å². The number of rotatable bonds is 20. The van der Waals surface area contributed by atoms with Crippen LogP contribution in [-0.4, -0.2) is 104 Å². The average molecular weight is 433 g/mol. The molecule has 0 N–H and O–H groups in total. The van der Waals surface area contributed by atoms with Crippen LogP contribution in [0.1, 0.15) is 38.5 Å². The minimum atomic E-state index is 0.387. The van der Waals surface area contributed by atoms with Gasteiger partial charge in [0.15, 0.2) is 0 Å². The van der Waals surface area contributed by atoms with E-state index in [0.29, 0.717) is 24.4 Å². The van der Waals surface area contributed by atoms with Gasteiger partial charge in [-0.15, -0.1) is 0 Å². The summed E-state index contributed by atoms with van der Waals surface area (Å²) in [6.45, 7) is 10.0. The van der Waals surface area contributed by atoms with Crippen molar-refractivity contribution in [2.24, 2.45) is 0 Å². The molecule has 8 heteroatoms. The Kier molecular flexibility index (Phi) is 12.5. The Balaban J connectivity index is 0.000000172. The molecular formula is C22H40O8. The van der Waals surface area contributed by atoms with Gasteiger partial charge in [-0.3, -0.25) is 0 Å². The summed E-state index contributed by atoms with van der Waals surface area (Å²) in [4.78, 5) is 0. The Labute approximate surface area is 180 Å². The number of unbranched alkanes of at least 4 members (excludes halogenated alkanes) is 4. The van der Waals surface area contributed by atoms with Crippen LogP contribution in [0.15, 0.2) is 0 Å². The maximum atomic E-state index is 5.45. The summed E-state index contributed by atoms with van der Waals surface area (Å²) in [6, 6.07) is 0. The number of hydrogen-bond acceptors (Lipinski definition) is 8. The number of epoxide rings is 4. The van der Waals surface area contributed by atoms with Crippen LogP contribution in [0.5, 0.6) is 0 Å². The minimum Gasteiger partial charge on any atom is -0.379 e. The molecule has 0 spiro atoms. The fourth-order valence-electron chi connectivity index (χ4n) is 2.69. The summed E-state index contributed by atoms with van der Waals surface area (Å²) in [6.07, 6.45) is 8.48. The van der Waals surface area contributed by atoms with E-state index < -0.39 is 0 Å². The van der Waals surface area contributed by atoms with Crippen LogP contribution >= 0.6 is 0 Å². The fraction of sp³-hybridized carbons (Fsp3) is 1.00. The Morgan fingerprint density at radius 3 is 0.867 bits per heavy atom. The second-order valence-electron chi connectivity index (χ2n) is 8.24. The molecule has 8 nitrogen and oxygen atoms in total. The van der Waals surface area contributed by atoms with E-state index in [-0.39, 0.29) is 0 Å². The molecule has 4 heterocycles. The van der Waals surface area contributed by atoms with Gasteiger partial charge < -0.3 is 37.9 Å². The summed E-state index contributed by atoms with van der Waals surface area (Å²) in [5.41, 5.74) is 0. The van der Waals surface area contributed by atoms with E-state index in [0.717, 1.165) is 105 Å². The van der Waals surface area contributed by atoms with E-state index in [4.69, 9.17) is 37.9 Å². The zero-order valence-corrected chi connectivity index (χ0v) is 18.3. The third-order valence-corrected chi connectivity index (χ3v) is 4.98. The summed E-state index contributed by atoms with van der Waals surface area (Å²) in [7, 11) is 0. The summed E-state index contributed by atoms with van der Waals surface area (Å²) in [5.74, 6) is 0. The third-order valence-electron chi connectivity index (χ3n) is 4.98. The molecule has 4 unspecified atom stereocenters. The van der Waals surface area contributed by atoms with Gasteiger partial charge in [-0.05, 0) is 25.7 Å². The normalized spacial score (nSPS) is 28.0. The van der Waals surface area contributed by atoms with Crippen molar-refractivity contribution in [2.75, 3.05) is 79.3 Å². The molecule has 0 amide bonds. The number of ether oxygens (including phenoxy) is 8. The highest BCUT2D eigenvalue weighted by molar-refractivity contribution is 4.68. The standard InChI is InChI=1S/C12H22O4.C10H18O4/c1(3-5-13-7-11-9-15-11)2-4-6-14-8-12-10-16-12;1(3-11-5-9-7-13-9)2-4-12-6-10-8-14-10/h11-12H,1-10H2;9-10H,1-8H2. The second kappa shape index (κ2) is 15.5. The van der Waals surface area contributed by atoms with Crippen LogP contribution in [-0.2, 0) is 37.9 Å². The van der Waals surface area contributed by atoms with Crippen LogP contribution in [0.3, 0.4) is 0 Å². The third kappa shape index (κ3) is 15.5. The van der Waals surface area contributed by atoms with Gasteiger partial charge in [-0.1, -0.05) is 12.8 Å². The van der Waals surface area contributed by atoms with Gasteiger partial charge in [0.2, 0.25) is 0 Å². The van der Waals surface area contributed by atoms with Crippen molar-refractivity contribution in [1.82, 2.24) is 0 Å². The molecule has 0 bridgehead atoms. The van der Waals surface area contributed by atoms with Crippen LogP contribution in [0.2, 0.25) is 0 Å². The highest BCUT2D eigenvalue weighted by Crippen LogP contribution is 2.11. The molecule has 4 aliphatic heterocycles.